The van der Waals surface area contributed by atoms with Gasteiger partial charge in [0.1, 0.15) is 26.2 Å². The van der Waals surface area contributed by atoms with Crippen LogP contribution in [0.25, 0.3) is 0 Å². The smallest absolute Gasteiger partial charge is 0.328 e. The summed E-state index contributed by atoms with van der Waals surface area (Å²) >= 11 is 0. The van der Waals surface area contributed by atoms with Crippen LogP contribution in [0.1, 0.15) is 6.92 Å². The van der Waals surface area contributed by atoms with Crippen molar-refractivity contribution in [3.63, 3.8) is 0 Å². The Balaban J connectivity index is 2.70. The highest BCUT2D eigenvalue weighted by Crippen LogP contribution is 2.45. The molecule has 2 radical (unpaired) electrons. The Hall–Kier alpha value is 0.0949. The van der Waals surface area contributed by atoms with Gasteiger partial charge in [-0.15, -0.1) is 0 Å². The van der Waals surface area contributed by atoms with E-state index in [-0.39, 0.29) is 12.8 Å². The minimum Gasteiger partial charge on any atom is -0.388 e. The molecule has 1 aliphatic heterocycles. The van der Waals surface area contributed by atoms with E-state index in [4.69, 9.17) is 21.8 Å². The quantitative estimate of drug-likeness (QED) is 0.504. The third-order valence-corrected chi connectivity index (χ3v) is 3.76. The van der Waals surface area contributed by atoms with E-state index in [1.807, 2.05) is 0 Å². The number of methoxy groups -OCH3 is 1. The summed E-state index contributed by atoms with van der Waals surface area (Å²) in [4.78, 5) is 9.36. The molecular weight excluding hydrogens is 234 g/mol. The Bertz CT molecular complexity index is 275. The Morgan fingerprint density at radius 1 is 1.56 bits per heavy atom. The Labute approximate surface area is 95.8 Å². The first-order valence-electron chi connectivity index (χ1n) is 4.99. The standard InChI is InChI=1S/C8H16BO6P/c1-3-16(11,12)15-7-5(4-13-2)14-8(9)6(7)10/h5-8,10H,3-4H2,1-2H3,(H,11,12)/t5-,6+,7?,8-/m1/s1. The van der Waals surface area contributed by atoms with Crippen molar-refractivity contribution in [1.29, 1.82) is 0 Å². The van der Waals surface area contributed by atoms with E-state index in [1.54, 1.807) is 0 Å². The van der Waals surface area contributed by atoms with E-state index >= 15 is 0 Å². The summed E-state index contributed by atoms with van der Waals surface area (Å²) in [5, 5.41) is 9.65. The lowest BCUT2D eigenvalue weighted by Gasteiger charge is -2.22. The molecule has 6 nitrogen and oxygen atoms in total. The minimum atomic E-state index is -3.70. The highest BCUT2D eigenvalue weighted by Gasteiger charge is 2.44. The Kier molecular flexibility index (Phi) is 4.97. The van der Waals surface area contributed by atoms with Crippen molar-refractivity contribution >= 4 is 15.4 Å². The van der Waals surface area contributed by atoms with E-state index < -0.39 is 31.9 Å². The average Bonchev–Trinajstić information content (AvgIpc) is 2.47. The summed E-state index contributed by atoms with van der Waals surface area (Å²) in [6, 6.07) is -0.929. The van der Waals surface area contributed by atoms with Crippen LogP contribution in [-0.2, 0) is 18.6 Å². The van der Waals surface area contributed by atoms with Crippen LogP contribution in [0.4, 0.5) is 0 Å². The van der Waals surface area contributed by atoms with Crippen LogP contribution in [0.5, 0.6) is 0 Å². The number of hydrogen-bond donors (Lipinski definition) is 2. The number of aliphatic hydroxyl groups excluding tert-OH is 1. The summed E-state index contributed by atoms with van der Waals surface area (Å²) in [6.45, 7) is 1.66. The first kappa shape index (κ1) is 14.2. The van der Waals surface area contributed by atoms with E-state index in [0.29, 0.717) is 0 Å². The molecule has 16 heavy (non-hydrogen) atoms. The van der Waals surface area contributed by atoms with Gasteiger partial charge in [-0.25, -0.2) is 0 Å². The third-order valence-electron chi connectivity index (χ3n) is 2.39. The lowest BCUT2D eigenvalue weighted by atomic mass is 9.93. The van der Waals surface area contributed by atoms with Crippen molar-refractivity contribution in [2.75, 3.05) is 19.9 Å². The fourth-order valence-electron chi connectivity index (χ4n) is 1.46. The van der Waals surface area contributed by atoms with Crippen LogP contribution >= 0.6 is 7.60 Å². The Morgan fingerprint density at radius 2 is 2.19 bits per heavy atom. The zero-order chi connectivity index (χ0) is 12.3. The molecule has 1 aliphatic rings. The number of ether oxygens (including phenoxy) is 2. The van der Waals surface area contributed by atoms with Crippen LogP contribution in [0.15, 0.2) is 0 Å². The van der Waals surface area contributed by atoms with Crippen molar-refractivity contribution in [3.05, 3.63) is 0 Å². The molecule has 0 aromatic carbocycles. The van der Waals surface area contributed by atoms with E-state index in [9.17, 15) is 14.6 Å². The van der Waals surface area contributed by atoms with Crippen LogP contribution < -0.4 is 0 Å². The molecule has 5 atom stereocenters. The van der Waals surface area contributed by atoms with Gasteiger partial charge in [-0.05, 0) is 0 Å². The van der Waals surface area contributed by atoms with Crippen LogP contribution in [0, 0.1) is 0 Å². The maximum absolute atomic E-state index is 11.4. The minimum absolute atomic E-state index is 0.0365. The van der Waals surface area contributed by atoms with Gasteiger partial charge >= 0.3 is 7.60 Å². The Morgan fingerprint density at radius 3 is 2.69 bits per heavy atom. The first-order chi connectivity index (χ1) is 7.41. The van der Waals surface area contributed by atoms with Gasteiger partial charge < -0.3 is 19.5 Å². The molecule has 0 bridgehead atoms. The fraction of sp³-hybridized carbons (Fsp3) is 1.00. The van der Waals surface area contributed by atoms with Gasteiger partial charge in [-0.2, -0.15) is 0 Å². The molecule has 0 aromatic heterocycles. The topological polar surface area (TPSA) is 85.2 Å². The SMILES string of the molecule is [B][C@@H]1O[C@H](COC)C(OP(=O)(O)CC)[C@@H]1O. The van der Waals surface area contributed by atoms with E-state index in [2.05, 4.69) is 0 Å². The maximum atomic E-state index is 11.4. The predicted molar refractivity (Wildman–Crippen MR) is 57.5 cm³/mol. The monoisotopic (exact) mass is 250 g/mol. The molecule has 0 saturated carbocycles. The van der Waals surface area contributed by atoms with Crippen LogP contribution in [-0.4, -0.2) is 62.0 Å². The molecule has 1 rings (SSSR count). The average molecular weight is 250 g/mol. The van der Waals surface area contributed by atoms with Crippen LogP contribution in [0.3, 0.4) is 0 Å². The molecule has 2 unspecified atom stereocenters. The zero-order valence-corrected chi connectivity index (χ0v) is 10.2. The van der Waals surface area contributed by atoms with Gasteiger partial charge in [0, 0.05) is 19.3 Å². The highest BCUT2D eigenvalue weighted by atomic mass is 31.2. The second-order valence-electron chi connectivity index (χ2n) is 3.61. The number of rotatable bonds is 5. The lowest BCUT2D eigenvalue weighted by Crippen LogP contribution is -2.36. The zero-order valence-electron chi connectivity index (χ0n) is 9.28. The summed E-state index contributed by atoms with van der Waals surface area (Å²) in [7, 11) is 3.23. The van der Waals surface area contributed by atoms with E-state index in [0.717, 1.165) is 0 Å². The van der Waals surface area contributed by atoms with Crippen molar-refractivity contribution in [2.45, 2.75) is 31.2 Å². The maximum Gasteiger partial charge on any atom is 0.328 e. The van der Waals surface area contributed by atoms with Gasteiger partial charge in [0.15, 0.2) is 0 Å². The summed E-state index contributed by atoms with van der Waals surface area (Å²) in [5.74, 6) is 0. The number of hydrogen-bond acceptors (Lipinski definition) is 5. The lowest BCUT2D eigenvalue weighted by molar-refractivity contribution is -0.0147. The summed E-state index contributed by atoms with van der Waals surface area (Å²) < 4.78 is 26.4. The van der Waals surface area contributed by atoms with Crippen molar-refractivity contribution in [1.82, 2.24) is 0 Å². The molecule has 1 fully saturated rings. The number of aliphatic hydroxyl groups is 1. The van der Waals surface area contributed by atoms with Gasteiger partial charge in [-0.3, -0.25) is 9.09 Å². The molecule has 0 spiro atoms. The van der Waals surface area contributed by atoms with Gasteiger partial charge in [0.2, 0.25) is 0 Å². The van der Waals surface area contributed by atoms with E-state index in [1.165, 1.54) is 14.0 Å². The first-order valence-corrected chi connectivity index (χ1v) is 6.76. The van der Waals surface area contributed by atoms with Crippen molar-refractivity contribution in [2.24, 2.45) is 0 Å². The molecular formula is C8H16BO6P. The molecule has 0 aliphatic carbocycles. The predicted octanol–water partition coefficient (Wildman–Crippen LogP) is -0.522. The second-order valence-corrected chi connectivity index (χ2v) is 5.73. The molecule has 92 valence electrons. The van der Waals surface area contributed by atoms with Gasteiger partial charge in [0.05, 0.1) is 6.61 Å². The highest BCUT2D eigenvalue weighted by molar-refractivity contribution is 7.52. The molecule has 1 saturated heterocycles. The van der Waals surface area contributed by atoms with Crippen LogP contribution in [0.2, 0.25) is 0 Å². The fourth-order valence-corrected chi connectivity index (χ4v) is 2.25. The van der Waals surface area contributed by atoms with Crippen molar-refractivity contribution in [3.8, 4) is 0 Å². The largest absolute Gasteiger partial charge is 0.388 e. The third kappa shape index (κ3) is 3.29. The molecule has 0 amide bonds. The molecule has 2 N–H and O–H groups in total. The second kappa shape index (κ2) is 5.62. The van der Waals surface area contributed by atoms with Gasteiger partial charge in [0.25, 0.3) is 0 Å². The normalized spacial score (nSPS) is 38.5. The summed E-state index contributed by atoms with van der Waals surface area (Å²) in [6.07, 6.45) is -2.74. The molecule has 8 heteroatoms. The molecule has 0 aromatic rings. The van der Waals surface area contributed by atoms with Crippen molar-refractivity contribution < 1.29 is 28.6 Å². The molecule has 1 heterocycles. The summed E-state index contributed by atoms with van der Waals surface area (Å²) in [5.41, 5.74) is 0. The van der Waals surface area contributed by atoms with Gasteiger partial charge in [-0.1, -0.05) is 6.92 Å².